The maximum Gasteiger partial charge on any atom is 0.303 e. The third-order valence-corrected chi connectivity index (χ3v) is 6.45. The minimum absolute atomic E-state index is 0.211. The van der Waals surface area contributed by atoms with Crippen LogP contribution in [-0.2, 0) is 9.59 Å². The molecule has 0 saturated heterocycles. The van der Waals surface area contributed by atoms with E-state index in [-0.39, 0.29) is 17.8 Å². The number of hydrogen-bond acceptors (Lipinski definition) is 2. The fourth-order valence-corrected chi connectivity index (χ4v) is 4.59. The molecule has 124 valence electrons. The van der Waals surface area contributed by atoms with Gasteiger partial charge < -0.3 is 5.11 Å². The fourth-order valence-electron chi connectivity index (χ4n) is 4.59. The molecule has 2 aliphatic rings. The van der Waals surface area contributed by atoms with Crippen molar-refractivity contribution in [2.45, 2.75) is 72.6 Å². The predicted molar refractivity (Wildman–Crippen MR) is 87.6 cm³/mol. The van der Waals surface area contributed by atoms with Gasteiger partial charge in [0.05, 0.1) is 0 Å². The smallest absolute Gasteiger partial charge is 0.303 e. The van der Waals surface area contributed by atoms with E-state index in [1.165, 1.54) is 5.57 Å². The molecule has 0 spiro atoms. The van der Waals surface area contributed by atoms with Crippen molar-refractivity contribution in [2.24, 2.45) is 23.2 Å². The maximum atomic E-state index is 12.0. The van der Waals surface area contributed by atoms with Crippen LogP contribution in [0.25, 0.3) is 0 Å². The summed E-state index contributed by atoms with van der Waals surface area (Å²) < 4.78 is 0. The van der Waals surface area contributed by atoms with Crippen LogP contribution in [-0.4, -0.2) is 16.9 Å². The summed E-state index contributed by atoms with van der Waals surface area (Å²) in [4.78, 5) is 22.9. The van der Waals surface area contributed by atoms with Gasteiger partial charge >= 0.3 is 5.97 Å². The number of carbonyl (C=O) groups is 2. The van der Waals surface area contributed by atoms with Crippen LogP contribution in [0.1, 0.15) is 72.6 Å². The van der Waals surface area contributed by atoms with E-state index in [1.54, 1.807) is 0 Å². The average Bonchev–Trinajstić information content (AvgIpc) is 2.44. The van der Waals surface area contributed by atoms with Crippen LogP contribution in [0.3, 0.4) is 0 Å². The Kier molecular flexibility index (Phi) is 5.14. The van der Waals surface area contributed by atoms with Crippen molar-refractivity contribution in [3.8, 4) is 0 Å². The second kappa shape index (κ2) is 6.55. The number of fused-ring (bicyclic) bond motifs is 1. The highest BCUT2D eigenvalue weighted by molar-refractivity contribution is 5.96. The molecule has 0 aliphatic heterocycles. The lowest BCUT2D eigenvalue weighted by Crippen LogP contribution is -2.42. The van der Waals surface area contributed by atoms with Crippen LogP contribution in [0.15, 0.2) is 11.1 Å². The van der Waals surface area contributed by atoms with Crippen molar-refractivity contribution in [3.63, 3.8) is 0 Å². The molecule has 0 aromatic heterocycles. The lowest BCUT2D eigenvalue weighted by atomic mass is 9.54. The second-order valence-electron chi connectivity index (χ2n) is 7.85. The largest absolute Gasteiger partial charge is 0.481 e. The average molecular weight is 306 g/mol. The Labute approximate surface area is 134 Å². The zero-order valence-electron chi connectivity index (χ0n) is 14.4. The van der Waals surface area contributed by atoms with Crippen LogP contribution >= 0.6 is 0 Å². The van der Waals surface area contributed by atoms with Crippen molar-refractivity contribution < 1.29 is 14.7 Å². The molecule has 3 nitrogen and oxygen atoms in total. The standard InChI is InChI=1S/C19H30O3/c1-12(11-18(21)22)9-10-19(4)13(2)5-6-15-14(3)17(20)8-7-16(15)19/h12-13,16H,5-11H2,1-4H3,(H,21,22)/t12?,13-,16+,19+/m1/s1. The third kappa shape index (κ3) is 3.28. The van der Waals surface area contributed by atoms with Crippen molar-refractivity contribution in [2.75, 3.05) is 0 Å². The van der Waals surface area contributed by atoms with E-state index in [9.17, 15) is 9.59 Å². The minimum Gasteiger partial charge on any atom is -0.481 e. The molecule has 0 bridgehead atoms. The van der Waals surface area contributed by atoms with Crippen LogP contribution in [0.4, 0.5) is 0 Å². The van der Waals surface area contributed by atoms with E-state index in [4.69, 9.17) is 5.11 Å². The molecule has 0 heterocycles. The Balaban J connectivity index is 2.15. The van der Waals surface area contributed by atoms with Gasteiger partial charge in [0, 0.05) is 12.8 Å². The van der Waals surface area contributed by atoms with Gasteiger partial charge in [-0.25, -0.2) is 0 Å². The number of hydrogen-bond donors (Lipinski definition) is 1. The Bertz CT molecular complexity index is 491. The van der Waals surface area contributed by atoms with Crippen molar-refractivity contribution in [1.29, 1.82) is 0 Å². The highest BCUT2D eigenvalue weighted by Gasteiger charge is 2.46. The first-order valence-corrected chi connectivity index (χ1v) is 8.70. The highest BCUT2D eigenvalue weighted by atomic mass is 16.4. The summed E-state index contributed by atoms with van der Waals surface area (Å²) in [5.41, 5.74) is 2.64. The molecule has 0 aromatic carbocycles. The number of rotatable bonds is 5. The molecule has 0 aromatic rings. The van der Waals surface area contributed by atoms with E-state index in [0.29, 0.717) is 24.0 Å². The summed E-state index contributed by atoms with van der Waals surface area (Å²) in [5, 5.41) is 8.94. The van der Waals surface area contributed by atoms with Crippen molar-refractivity contribution >= 4 is 11.8 Å². The topological polar surface area (TPSA) is 54.4 Å². The van der Waals surface area contributed by atoms with Crippen molar-refractivity contribution in [1.82, 2.24) is 0 Å². The van der Waals surface area contributed by atoms with E-state index in [1.807, 2.05) is 13.8 Å². The van der Waals surface area contributed by atoms with Gasteiger partial charge in [0.2, 0.25) is 0 Å². The molecule has 1 saturated carbocycles. The summed E-state index contributed by atoms with van der Waals surface area (Å²) in [5.74, 6) is 1.02. The van der Waals surface area contributed by atoms with Gasteiger partial charge in [-0.2, -0.15) is 0 Å². The van der Waals surface area contributed by atoms with Gasteiger partial charge in [-0.05, 0) is 67.8 Å². The van der Waals surface area contributed by atoms with E-state index in [0.717, 1.165) is 37.7 Å². The van der Waals surface area contributed by atoms with Crippen LogP contribution < -0.4 is 0 Å². The third-order valence-electron chi connectivity index (χ3n) is 6.45. The Morgan fingerprint density at radius 1 is 1.36 bits per heavy atom. The first kappa shape index (κ1) is 17.2. The van der Waals surface area contributed by atoms with E-state index >= 15 is 0 Å². The monoisotopic (exact) mass is 306 g/mol. The predicted octanol–water partition coefficient (Wildman–Crippen LogP) is 4.61. The van der Waals surface area contributed by atoms with Gasteiger partial charge in [-0.15, -0.1) is 0 Å². The maximum absolute atomic E-state index is 12.0. The number of Topliss-reactive ketones (excluding diaryl/α,β-unsaturated/α-hetero) is 1. The molecule has 0 amide bonds. The first-order chi connectivity index (χ1) is 10.3. The number of carbonyl (C=O) groups excluding carboxylic acids is 1. The normalized spacial score (nSPS) is 33.5. The highest BCUT2D eigenvalue weighted by Crippen LogP contribution is 2.55. The zero-order chi connectivity index (χ0) is 16.5. The molecule has 2 rings (SSSR count). The Morgan fingerprint density at radius 3 is 2.68 bits per heavy atom. The zero-order valence-corrected chi connectivity index (χ0v) is 14.4. The molecule has 3 heteroatoms. The van der Waals surface area contributed by atoms with E-state index < -0.39 is 5.97 Å². The Morgan fingerprint density at radius 2 is 2.05 bits per heavy atom. The molecular weight excluding hydrogens is 276 g/mol. The summed E-state index contributed by atoms with van der Waals surface area (Å²) in [6.07, 6.45) is 6.19. The van der Waals surface area contributed by atoms with Crippen LogP contribution in [0.2, 0.25) is 0 Å². The SMILES string of the molecule is CC1=C2CC[C@@H](C)[C@](C)(CCC(C)CC(=O)O)[C@H]2CCC1=O. The van der Waals surface area contributed by atoms with Gasteiger partial charge in [-0.1, -0.05) is 26.3 Å². The molecule has 22 heavy (non-hydrogen) atoms. The number of carboxylic acids is 1. The number of aliphatic carboxylic acids is 1. The lowest BCUT2D eigenvalue weighted by Gasteiger charge is -2.50. The second-order valence-corrected chi connectivity index (χ2v) is 7.85. The molecule has 2 aliphatic carbocycles. The Hall–Kier alpha value is -1.12. The van der Waals surface area contributed by atoms with Gasteiger partial charge in [0.25, 0.3) is 0 Å². The number of allylic oxidation sites excluding steroid dienone is 2. The molecule has 4 atom stereocenters. The minimum atomic E-state index is -0.700. The summed E-state index contributed by atoms with van der Waals surface area (Å²) >= 11 is 0. The van der Waals surface area contributed by atoms with Gasteiger partial charge in [0.1, 0.15) is 0 Å². The summed E-state index contributed by atoms with van der Waals surface area (Å²) in [6.45, 7) is 8.76. The number of carboxylic acid groups (broad SMARTS) is 1. The lowest BCUT2D eigenvalue weighted by molar-refractivity contribution is -0.138. The summed E-state index contributed by atoms with van der Waals surface area (Å²) in [6, 6.07) is 0. The molecular formula is C19H30O3. The van der Waals surface area contributed by atoms with Crippen LogP contribution in [0, 0.1) is 23.2 Å². The van der Waals surface area contributed by atoms with Gasteiger partial charge in [0.15, 0.2) is 5.78 Å². The van der Waals surface area contributed by atoms with Gasteiger partial charge in [-0.3, -0.25) is 9.59 Å². The molecule has 1 N–H and O–H groups in total. The molecule has 1 fully saturated rings. The quantitative estimate of drug-likeness (QED) is 0.807. The van der Waals surface area contributed by atoms with Crippen LogP contribution in [0.5, 0.6) is 0 Å². The molecule has 1 unspecified atom stereocenters. The van der Waals surface area contributed by atoms with E-state index in [2.05, 4.69) is 13.8 Å². The summed E-state index contributed by atoms with van der Waals surface area (Å²) in [7, 11) is 0. The van der Waals surface area contributed by atoms with Crippen molar-refractivity contribution in [3.05, 3.63) is 11.1 Å². The first-order valence-electron chi connectivity index (χ1n) is 8.70. The number of ketones is 1. The fraction of sp³-hybridized carbons (Fsp3) is 0.789. The molecule has 0 radical (unpaired) electrons.